The van der Waals surface area contributed by atoms with Gasteiger partial charge in [-0.15, -0.1) is 0 Å². The van der Waals surface area contributed by atoms with E-state index in [0.717, 1.165) is 64.8 Å². The van der Waals surface area contributed by atoms with Gasteiger partial charge in [-0.25, -0.2) is 0 Å². The van der Waals surface area contributed by atoms with Gasteiger partial charge in [-0.05, 0) is 51.4 Å². The zero-order valence-corrected chi connectivity index (χ0v) is 16.9. The lowest BCUT2D eigenvalue weighted by Gasteiger charge is -2.46. The summed E-state index contributed by atoms with van der Waals surface area (Å²) in [7, 11) is 0. The minimum atomic E-state index is -0.154. The number of amides is 2. The van der Waals surface area contributed by atoms with Crippen molar-refractivity contribution in [2.24, 2.45) is 5.92 Å². The van der Waals surface area contributed by atoms with Crippen LogP contribution in [-0.2, 0) is 16.1 Å². The van der Waals surface area contributed by atoms with E-state index in [-0.39, 0.29) is 11.5 Å². The number of likely N-dealkylation sites (tertiary alicyclic amines) is 2. The molecule has 0 aromatic carbocycles. The molecule has 1 aromatic heterocycles. The van der Waals surface area contributed by atoms with Crippen LogP contribution < -0.4 is 0 Å². The first-order valence-corrected chi connectivity index (χ1v) is 10.8. The van der Waals surface area contributed by atoms with E-state index < -0.39 is 0 Å². The molecule has 0 N–H and O–H groups in total. The number of ether oxygens (including phenoxy) is 1. The summed E-state index contributed by atoms with van der Waals surface area (Å²) in [4.78, 5) is 29.2. The molecule has 154 valence electrons. The Kier molecular flexibility index (Phi) is 5.71. The second kappa shape index (κ2) is 8.23. The molecule has 3 saturated heterocycles. The van der Waals surface area contributed by atoms with Gasteiger partial charge in [0.1, 0.15) is 0 Å². The Balaban J connectivity index is 1.31. The lowest BCUT2D eigenvalue weighted by molar-refractivity contribution is -0.140. The Bertz CT molecular complexity index is 702. The molecular formula is C21H32N4O3. The van der Waals surface area contributed by atoms with E-state index in [0.29, 0.717) is 36.9 Å². The summed E-state index contributed by atoms with van der Waals surface area (Å²) in [5, 5.41) is 4.21. The summed E-state index contributed by atoms with van der Waals surface area (Å²) in [6.45, 7) is 6.79. The summed E-state index contributed by atoms with van der Waals surface area (Å²) >= 11 is 0. The zero-order valence-electron chi connectivity index (χ0n) is 16.9. The minimum absolute atomic E-state index is 0.0612. The topological polar surface area (TPSA) is 67.7 Å². The van der Waals surface area contributed by atoms with Crippen molar-refractivity contribution in [3.8, 4) is 0 Å². The Labute approximate surface area is 167 Å². The van der Waals surface area contributed by atoms with E-state index in [1.807, 2.05) is 22.9 Å². The maximum Gasteiger partial charge on any atom is 0.257 e. The SMILES string of the molecule is CCn1cc(C(=O)N2CCC3(CC2)CC(CC(=O)N2CCCC2)CCO3)cn1. The molecule has 0 bridgehead atoms. The van der Waals surface area contributed by atoms with Gasteiger partial charge in [-0.1, -0.05) is 0 Å². The maximum atomic E-state index is 12.7. The normalized spacial score (nSPS) is 24.7. The van der Waals surface area contributed by atoms with E-state index in [2.05, 4.69) is 5.10 Å². The van der Waals surface area contributed by atoms with E-state index in [9.17, 15) is 9.59 Å². The molecule has 7 heteroatoms. The maximum absolute atomic E-state index is 12.7. The third kappa shape index (κ3) is 4.09. The Morgan fingerprint density at radius 3 is 2.61 bits per heavy atom. The van der Waals surface area contributed by atoms with Crippen molar-refractivity contribution in [1.29, 1.82) is 0 Å². The second-order valence-corrected chi connectivity index (χ2v) is 8.56. The monoisotopic (exact) mass is 388 g/mol. The van der Waals surface area contributed by atoms with Crippen LogP contribution >= 0.6 is 0 Å². The van der Waals surface area contributed by atoms with Crippen molar-refractivity contribution in [3.05, 3.63) is 18.0 Å². The molecule has 28 heavy (non-hydrogen) atoms. The minimum Gasteiger partial charge on any atom is -0.375 e. The molecule has 3 aliphatic heterocycles. The van der Waals surface area contributed by atoms with Crippen molar-refractivity contribution < 1.29 is 14.3 Å². The van der Waals surface area contributed by atoms with Crippen molar-refractivity contribution >= 4 is 11.8 Å². The molecular weight excluding hydrogens is 356 g/mol. The smallest absolute Gasteiger partial charge is 0.257 e. The van der Waals surface area contributed by atoms with Gasteiger partial charge in [0, 0.05) is 51.9 Å². The van der Waals surface area contributed by atoms with Gasteiger partial charge in [0.25, 0.3) is 5.91 Å². The van der Waals surface area contributed by atoms with Gasteiger partial charge in [0.05, 0.1) is 17.4 Å². The van der Waals surface area contributed by atoms with Crippen LogP contribution in [0.3, 0.4) is 0 Å². The zero-order chi connectivity index (χ0) is 19.6. The number of rotatable bonds is 4. The fourth-order valence-electron chi connectivity index (χ4n) is 4.94. The number of aromatic nitrogens is 2. The average Bonchev–Trinajstić information content (AvgIpc) is 3.40. The third-order valence-electron chi connectivity index (χ3n) is 6.68. The number of piperidine rings is 1. The van der Waals surface area contributed by atoms with Gasteiger partial charge < -0.3 is 14.5 Å². The number of carbonyl (C=O) groups excluding carboxylic acids is 2. The fourth-order valence-corrected chi connectivity index (χ4v) is 4.94. The van der Waals surface area contributed by atoms with Crippen LogP contribution in [0.4, 0.5) is 0 Å². The summed E-state index contributed by atoms with van der Waals surface area (Å²) in [6.07, 6.45) is 10.1. The molecule has 4 rings (SSSR count). The van der Waals surface area contributed by atoms with Gasteiger partial charge in [-0.2, -0.15) is 5.10 Å². The molecule has 1 atom stereocenters. The molecule has 1 spiro atoms. The van der Waals surface area contributed by atoms with Crippen LogP contribution in [0.15, 0.2) is 12.4 Å². The standard InChI is InChI=1S/C21H32N4O3/c1-2-25-16-18(15-22-25)20(27)24-10-6-21(7-11-24)14-17(5-12-28-21)13-19(26)23-8-3-4-9-23/h15-17H,2-14H2,1H3. The molecule has 1 aromatic rings. The van der Waals surface area contributed by atoms with Crippen LogP contribution in [0, 0.1) is 5.92 Å². The summed E-state index contributed by atoms with van der Waals surface area (Å²) < 4.78 is 8.00. The van der Waals surface area contributed by atoms with Crippen LogP contribution in [0.25, 0.3) is 0 Å². The molecule has 0 aliphatic carbocycles. The number of hydrogen-bond donors (Lipinski definition) is 0. The summed E-state index contributed by atoms with van der Waals surface area (Å²) in [5.41, 5.74) is 0.509. The van der Waals surface area contributed by atoms with Crippen molar-refractivity contribution in [2.45, 2.75) is 64.0 Å². The molecule has 0 radical (unpaired) electrons. The van der Waals surface area contributed by atoms with Crippen molar-refractivity contribution in [1.82, 2.24) is 19.6 Å². The van der Waals surface area contributed by atoms with Gasteiger partial charge in [0.2, 0.25) is 5.91 Å². The van der Waals surface area contributed by atoms with E-state index in [1.54, 1.807) is 10.9 Å². The third-order valence-corrected chi connectivity index (χ3v) is 6.68. The average molecular weight is 389 g/mol. The van der Waals surface area contributed by atoms with E-state index in [4.69, 9.17) is 4.74 Å². The number of aryl methyl sites for hydroxylation is 1. The highest BCUT2D eigenvalue weighted by molar-refractivity contribution is 5.93. The van der Waals surface area contributed by atoms with Gasteiger partial charge >= 0.3 is 0 Å². The lowest BCUT2D eigenvalue weighted by atomic mass is 9.78. The van der Waals surface area contributed by atoms with Gasteiger partial charge in [-0.3, -0.25) is 14.3 Å². The predicted octanol–water partition coefficient (Wildman–Crippen LogP) is 2.32. The number of hydrogen-bond acceptors (Lipinski definition) is 4. The molecule has 3 fully saturated rings. The first-order valence-electron chi connectivity index (χ1n) is 10.8. The van der Waals surface area contributed by atoms with Crippen LogP contribution in [0.5, 0.6) is 0 Å². The lowest BCUT2D eigenvalue weighted by Crippen LogP contribution is -2.51. The van der Waals surface area contributed by atoms with Crippen LogP contribution in [0.1, 0.15) is 62.2 Å². The molecule has 1 unspecified atom stereocenters. The summed E-state index contributed by atoms with van der Waals surface area (Å²) in [6, 6.07) is 0. The van der Waals surface area contributed by atoms with Crippen molar-refractivity contribution in [2.75, 3.05) is 32.8 Å². The number of carbonyl (C=O) groups is 2. The molecule has 0 saturated carbocycles. The van der Waals surface area contributed by atoms with E-state index in [1.165, 1.54) is 0 Å². The highest BCUT2D eigenvalue weighted by Crippen LogP contribution is 2.39. The van der Waals surface area contributed by atoms with Gasteiger partial charge in [0.15, 0.2) is 0 Å². The highest BCUT2D eigenvalue weighted by Gasteiger charge is 2.42. The molecule has 7 nitrogen and oxygen atoms in total. The quantitative estimate of drug-likeness (QED) is 0.794. The van der Waals surface area contributed by atoms with Crippen LogP contribution in [-0.4, -0.2) is 69.8 Å². The Morgan fingerprint density at radius 1 is 1.18 bits per heavy atom. The number of nitrogens with zero attached hydrogens (tertiary/aromatic N) is 4. The predicted molar refractivity (Wildman–Crippen MR) is 105 cm³/mol. The van der Waals surface area contributed by atoms with Crippen LogP contribution in [0.2, 0.25) is 0 Å². The van der Waals surface area contributed by atoms with E-state index >= 15 is 0 Å². The Hall–Kier alpha value is -1.89. The highest BCUT2D eigenvalue weighted by atomic mass is 16.5. The molecule has 3 aliphatic rings. The second-order valence-electron chi connectivity index (χ2n) is 8.56. The first kappa shape index (κ1) is 19.4. The summed E-state index contributed by atoms with van der Waals surface area (Å²) in [5.74, 6) is 0.790. The largest absolute Gasteiger partial charge is 0.375 e. The van der Waals surface area contributed by atoms with Crippen molar-refractivity contribution in [3.63, 3.8) is 0 Å². The first-order chi connectivity index (χ1) is 13.6. The Morgan fingerprint density at radius 2 is 1.93 bits per heavy atom. The molecule has 2 amide bonds. The fraction of sp³-hybridized carbons (Fsp3) is 0.762. The molecule has 4 heterocycles.